The number of sulfonamides is 1. The average Bonchev–Trinajstić information content (AvgIpc) is 3.18. The summed E-state index contributed by atoms with van der Waals surface area (Å²) in [6, 6.07) is 7.63. The molecule has 0 atom stereocenters. The fourth-order valence-electron chi connectivity index (χ4n) is 2.08. The molecule has 0 N–H and O–H groups in total. The number of hydrogen-bond donors (Lipinski definition) is 0. The standard InChI is InChI=1S/C15H23N2O2SSi.Li/c1-12-5-9-14(10-6-12)20(18,19)17-16-15(13-7-8-13)11-21(2,3)4;/h5-6,9-10,13H,7-8,11H2,1-4H3;/q-1;+1/b16-15+;. The number of hydrogen-bond acceptors (Lipinski definition) is 3. The van der Waals surface area contributed by atoms with Gasteiger partial charge in [0, 0.05) is 0 Å². The van der Waals surface area contributed by atoms with Crippen molar-refractivity contribution >= 4 is 23.8 Å². The van der Waals surface area contributed by atoms with Gasteiger partial charge < -0.3 is 9.93 Å². The quantitative estimate of drug-likeness (QED) is 0.446. The number of aryl methyl sites for hydroxylation is 1. The van der Waals surface area contributed by atoms with Crippen LogP contribution in [0.2, 0.25) is 25.7 Å². The van der Waals surface area contributed by atoms with E-state index in [1.165, 1.54) is 0 Å². The maximum atomic E-state index is 12.2. The van der Waals surface area contributed by atoms with Gasteiger partial charge in [0.15, 0.2) is 0 Å². The van der Waals surface area contributed by atoms with E-state index in [9.17, 15) is 8.42 Å². The molecule has 0 heterocycles. The molecule has 0 bridgehead atoms. The third-order valence-electron chi connectivity index (χ3n) is 3.36. The molecule has 1 fully saturated rings. The summed E-state index contributed by atoms with van der Waals surface area (Å²) in [7, 11) is -4.99. The second-order valence-electron chi connectivity index (χ2n) is 6.97. The minimum absolute atomic E-state index is 0. The molecule has 0 saturated heterocycles. The van der Waals surface area contributed by atoms with Crippen molar-refractivity contribution in [1.82, 2.24) is 0 Å². The SMILES string of the molecule is Cc1ccc(S(=O)(=O)[N-]/N=C(\C[Si](C)(C)C)C2CC2)cc1.[Li+]. The van der Waals surface area contributed by atoms with Gasteiger partial charge in [-0.1, -0.05) is 37.3 Å². The third kappa shape index (κ3) is 5.92. The first kappa shape index (κ1) is 19.5. The van der Waals surface area contributed by atoms with Gasteiger partial charge in [-0.2, -0.15) is 0 Å². The Balaban J connectivity index is 0.00000242. The van der Waals surface area contributed by atoms with Crippen LogP contribution >= 0.6 is 0 Å². The van der Waals surface area contributed by atoms with Crippen molar-refractivity contribution in [3.63, 3.8) is 0 Å². The Morgan fingerprint density at radius 1 is 1.23 bits per heavy atom. The third-order valence-corrected chi connectivity index (χ3v) is 5.94. The summed E-state index contributed by atoms with van der Waals surface area (Å²) in [5, 5.41) is 4.13. The molecule has 0 amide bonds. The van der Waals surface area contributed by atoms with Crippen LogP contribution < -0.4 is 18.9 Å². The van der Waals surface area contributed by atoms with Crippen LogP contribution in [-0.4, -0.2) is 22.2 Å². The molecular weight excluding hydrogens is 307 g/mol. The Hall–Kier alpha value is -0.546. The molecule has 7 heteroatoms. The van der Waals surface area contributed by atoms with Gasteiger partial charge in [0.2, 0.25) is 0 Å². The summed E-state index contributed by atoms with van der Waals surface area (Å²) >= 11 is 0. The van der Waals surface area contributed by atoms with E-state index in [2.05, 4.69) is 29.6 Å². The Morgan fingerprint density at radius 3 is 2.23 bits per heavy atom. The first-order valence-corrected chi connectivity index (χ1v) is 12.4. The summed E-state index contributed by atoms with van der Waals surface area (Å²) in [5.74, 6) is 0.452. The molecule has 1 saturated carbocycles. The van der Waals surface area contributed by atoms with E-state index in [0.29, 0.717) is 5.92 Å². The van der Waals surface area contributed by atoms with Gasteiger partial charge in [0.05, 0.1) is 13.0 Å². The van der Waals surface area contributed by atoms with Crippen molar-refractivity contribution < 1.29 is 27.3 Å². The largest absolute Gasteiger partial charge is 1.00 e. The first-order chi connectivity index (χ1) is 9.67. The minimum atomic E-state index is -3.68. The Bertz CT molecular complexity index is 633. The van der Waals surface area contributed by atoms with Gasteiger partial charge in [-0.15, -0.1) is 0 Å². The molecule has 1 aromatic carbocycles. The molecule has 1 aliphatic carbocycles. The predicted octanol–water partition coefficient (Wildman–Crippen LogP) is 1.17. The Labute approximate surface area is 147 Å². The molecule has 2 rings (SSSR count). The van der Waals surface area contributed by atoms with Gasteiger partial charge >= 0.3 is 18.9 Å². The van der Waals surface area contributed by atoms with Crippen molar-refractivity contribution in [3.8, 4) is 0 Å². The fourth-order valence-corrected chi connectivity index (χ4v) is 4.32. The van der Waals surface area contributed by atoms with Crippen molar-refractivity contribution in [2.45, 2.75) is 50.3 Å². The minimum Gasteiger partial charge on any atom is -0.491 e. The van der Waals surface area contributed by atoms with Crippen molar-refractivity contribution in [1.29, 1.82) is 0 Å². The van der Waals surface area contributed by atoms with Gasteiger partial charge in [-0.25, -0.2) is 8.42 Å². The molecule has 116 valence electrons. The normalized spacial score (nSPS) is 16.1. The van der Waals surface area contributed by atoms with Gasteiger partial charge in [0.1, 0.15) is 10.0 Å². The van der Waals surface area contributed by atoms with Crippen molar-refractivity contribution in [3.05, 3.63) is 34.7 Å². The average molecular weight is 330 g/mol. The first-order valence-electron chi connectivity index (χ1n) is 7.28. The molecular formula is C15H23LiN2O2SSi. The van der Waals surface area contributed by atoms with E-state index >= 15 is 0 Å². The fraction of sp³-hybridized carbons (Fsp3) is 0.533. The van der Waals surface area contributed by atoms with Crippen LogP contribution in [0.15, 0.2) is 34.3 Å². The van der Waals surface area contributed by atoms with Crippen LogP contribution in [0.3, 0.4) is 0 Å². The van der Waals surface area contributed by atoms with Crippen LogP contribution in [0, 0.1) is 12.8 Å². The monoisotopic (exact) mass is 330 g/mol. The maximum absolute atomic E-state index is 12.2. The van der Waals surface area contributed by atoms with Gasteiger partial charge in [-0.3, -0.25) is 0 Å². The zero-order chi connectivity index (χ0) is 15.7. The van der Waals surface area contributed by atoms with Gasteiger partial charge in [0.25, 0.3) is 0 Å². The summed E-state index contributed by atoms with van der Waals surface area (Å²) in [4.78, 5) is 3.89. The van der Waals surface area contributed by atoms with E-state index in [1.54, 1.807) is 24.3 Å². The van der Waals surface area contributed by atoms with E-state index < -0.39 is 18.1 Å². The molecule has 1 aliphatic rings. The van der Waals surface area contributed by atoms with Crippen molar-refractivity contribution in [2.75, 3.05) is 0 Å². The summed E-state index contributed by atoms with van der Waals surface area (Å²) in [6.45, 7) is 8.71. The molecule has 4 nitrogen and oxygen atoms in total. The Kier molecular flexibility index (Phi) is 6.51. The van der Waals surface area contributed by atoms with E-state index in [0.717, 1.165) is 30.2 Å². The molecule has 22 heavy (non-hydrogen) atoms. The predicted molar refractivity (Wildman–Crippen MR) is 90.0 cm³/mol. The van der Waals surface area contributed by atoms with Gasteiger partial charge in [-0.05, 0) is 49.6 Å². The topological polar surface area (TPSA) is 60.6 Å². The van der Waals surface area contributed by atoms with Crippen LogP contribution in [0.1, 0.15) is 18.4 Å². The number of benzene rings is 1. The second kappa shape index (κ2) is 7.35. The summed E-state index contributed by atoms with van der Waals surface area (Å²) in [6.07, 6.45) is 2.23. The van der Waals surface area contributed by atoms with Crippen molar-refractivity contribution in [2.24, 2.45) is 11.0 Å². The smallest absolute Gasteiger partial charge is 0.491 e. The van der Waals surface area contributed by atoms with Crippen LogP contribution in [0.5, 0.6) is 0 Å². The molecule has 1 aromatic rings. The van der Waals surface area contributed by atoms with Crippen LogP contribution in [0.25, 0.3) is 4.83 Å². The van der Waals surface area contributed by atoms with E-state index in [4.69, 9.17) is 0 Å². The van der Waals surface area contributed by atoms with Crippen LogP contribution in [0.4, 0.5) is 0 Å². The maximum Gasteiger partial charge on any atom is 1.00 e. The molecule has 0 aromatic heterocycles. The number of rotatable bonds is 6. The number of nitrogens with zero attached hydrogens (tertiary/aromatic N) is 2. The molecule has 0 unspecified atom stereocenters. The summed E-state index contributed by atoms with van der Waals surface area (Å²) in [5.41, 5.74) is 2.00. The zero-order valence-electron chi connectivity index (χ0n) is 14.1. The van der Waals surface area contributed by atoms with E-state index in [-0.39, 0.29) is 23.8 Å². The molecule has 0 aliphatic heterocycles. The van der Waals surface area contributed by atoms with E-state index in [1.807, 2.05) is 6.92 Å². The Morgan fingerprint density at radius 2 is 1.77 bits per heavy atom. The second-order valence-corrected chi connectivity index (χ2v) is 14.0. The zero-order valence-corrected chi connectivity index (χ0v) is 15.9. The molecule has 0 radical (unpaired) electrons. The van der Waals surface area contributed by atoms with Crippen LogP contribution in [-0.2, 0) is 10.0 Å². The molecule has 0 spiro atoms. The summed E-state index contributed by atoms with van der Waals surface area (Å²) < 4.78 is 24.4.